The van der Waals surface area contributed by atoms with E-state index in [1.165, 1.54) is 11.1 Å². The molecule has 1 aliphatic heterocycles. The molecule has 5 heteroatoms. The minimum atomic E-state index is -0.971. The highest BCUT2D eigenvalue weighted by Crippen LogP contribution is 2.44. The van der Waals surface area contributed by atoms with Gasteiger partial charge in [0.25, 0.3) is 0 Å². The summed E-state index contributed by atoms with van der Waals surface area (Å²) in [5.74, 6) is -1.45. The average molecular weight is 399 g/mol. The summed E-state index contributed by atoms with van der Waals surface area (Å²) < 4.78 is 5.77. The van der Waals surface area contributed by atoms with Crippen molar-refractivity contribution in [2.45, 2.75) is 24.4 Å². The summed E-state index contributed by atoms with van der Waals surface area (Å²) in [4.78, 5) is 24.6. The summed E-state index contributed by atoms with van der Waals surface area (Å²) in [5, 5.41) is 12.4. The molecule has 0 bridgehead atoms. The Balaban J connectivity index is 1.40. The summed E-state index contributed by atoms with van der Waals surface area (Å²) in [6, 6.07) is 22.2. The normalized spacial score (nSPS) is 19.5. The van der Waals surface area contributed by atoms with E-state index in [0.717, 1.165) is 22.3 Å². The van der Waals surface area contributed by atoms with Crippen molar-refractivity contribution in [3.63, 3.8) is 0 Å². The van der Waals surface area contributed by atoms with Crippen LogP contribution in [0, 0.1) is 0 Å². The number of carboxylic acid groups (broad SMARTS) is 1. The molecule has 1 heterocycles. The van der Waals surface area contributed by atoms with Crippen LogP contribution in [0.25, 0.3) is 11.1 Å². The summed E-state index contributed by atoms with van der Waals surface area (Å²) in [6.07, 6.45) is 0.346. The zero-order valence-electron chi connectivity index (χ0n) is 16.2. The van der Waals surface area contributed by atoms with E-state index in [9.17, 15) is 14.7 Å². The van der Waals surface area contributed by atoms with Crippen LogP contribution in [0.4, 0.5) is 0 Å². The van der Waals surface area contributed by atoms with Gasteiger partial charge in [0.05, 0.1) is 0 Å². The Hall–Kier alpha value is -3.44. The lowest BCUT2D eigenvalue weighted by atomic mass is 9.90. The summed E-state index contributed by atoms with van der Waals surface area (Å²) in [6.45, 7) is 0.213. The lowest BCUT2D eigenvalue weighted by Crippen LogP contribution is -2.47. The Morgan fingerprint density at radius 1 is 0.867 bits per heavy atom. The van der Waals surface area contributed by atoms with Gasteiger partial charge >= 0.3 is 11.9 Å². The van der Waals surface area contributed by atoms with Crippen molar-refractivity contribution in [2.24, 2.45) is 0 Å². The lowest BCUT2D eigenvalue weighted by molar-refractivity contribution is -0.148. The number of hydrogen-bond donors (Lipinski definition) is 2. The van der Waals surface area contributed by atoms with Crippen molar-refractivity contribution in [2.75, 3.05) is 6.61 Å². The molecule has 0 saturated heterocycles. The van der Waals surface area contributed by atoms with E-state index in [-0.39, 0.29) is 12.5 Å². The highest BCUT2D eigenvalue weighted by Gasteiger charge is 2.36. The number of carboxylic acids is 1. The van der Waals surface area contributed by atoms with Gasteiger partial charge in [-0.25, -0.2) is 4.79 Å². The van der Waals surface area contributed by atoms with Crippen LogP contribution in [-0.2, 0) is 20.7 Å². The summed E-state index contributed by atoms with van der Waals surface area (Å²) in [7, 11) is 0. The molecule has 30 heavy (non-hydrogen) atoms. The molecule has 2 aliphatic rings. The number of benzene rings is 3. The molecule has 0 aromatic heterocycles. The highest BCUT2D eigenvalue weighted by atomic mass is 16.5. The SMILES string of the molecule is O=C(O)[C@@H]1Cc2ccccc2[C@@H](C(=O)OCC2c3ccccc3-c3ccccc32)N1. The molecular formula is C25H21NO4. The second kappa shape index (κ2) is 7.43. The first-order valence-corrected chi connectivity index (χ1v) is 10.0. The van der Waals surface area contributed by atoms with E-state index >= 15 is 0 Å². The molecule has 0 spiro atoms. The number of carbonyl (C=O) groups excluding carboxylic acids is 1. The Bertz CT molecular complexity index is 1090. The topological polar surface area (TPSA) is 75.6 Å². The van der Waals surface area contributed by atoms with Crippen molar-refractivity contribution in [1.29, 1.82) is 0 Å². The van der Waals surface area contributed by atoms with Crippen LogP contribution in [0.2, 0.25) is 0 Å². The molecule has 5 nitrogen and oxygen atoms in total. The number of aliphatic carboxylic acids is 1. The van der Waals surface area contributed by atoms with Crippen molar-refractivity contribution in [1.82, 2.24) is 5.32 Å². The molecule has 0 saturated carbocycles. The predicted octanol–water partition coefficient (Wildman–Crippen LogP) is 3.68. The number of nitrogens with one attached hydrogen (secondary N) is 1. The predicted molar refractivity (Wildman–Crippen MR) is 112 cm³/mol. The van der Waals surface area contributed by atoms with Gasteiger partial charge in [-0.3, -0.25) is 10.1 Å². The quantitative estimate of drug-likeness (QED) is 0.655. The van der Waals surface area contributed by atoms with Gasteiger partial charge in [-0.15, -0.1) is 0 Å². The van der Waals surface area contributed by atoms with E-state index in [2.05, 4.69) is 29.6 Å². The van der Waals surface area contributed by atoms with Gasteiger partial charge in [-0.1, -0.05) is 72.8 Å². The van der Waals surface area contributed by atoms with Crippen LogP contribution in [0.15, 0.2) is 72.8 Å². The van der Waals surface area contributed by atoms with Crippen molar-refractivity contribution in [3.05, 3.63) is 95.1 Å². The molecule has 3 aromatic carbocycles. The fourth-order valence-electron chi connectivity index (χ4n) is 4.61. The maximum absolute atomic E-state index is 13.0. The van der Waals surface area contributed by atoms with Gasteiger partial charge in [-0.05, 0) is 39.8 Å². The zero-order valence-corrected chi connectivity index (χ0v) is 16.2. The van der Waals surface area contributed by atoms with Crippen LogP contribution in [-0.4, -0.2) is 29.7 Å². The molecule has 2 N–H and O–H groups in total. The Kier molecular flexibility index (Phi) is 4.60. The third-order valence-electron chi connectivity index (χ3n) is 6.05. The van der Waals surface area contributed by atoms with E-state index in [4.69, 9.17) is 4.74 Å². The Morgan fingerprint density at radius 2 is 1.43 bits per heavy atom. The molecule has 5 rings (SSSR count). The largest absolute Gasteiger partial charge is 0.480 e. The lowest BCUT2D eigenvalue weighted by Gasteiger charge is -2.30. The third kappa shape index (κ3) is 3.08. The minimum Gasteiger partial charge on any atom is -0.480 e. The van der Waals surface area contributed by atoms with Crippen LogP contribution in [0.1, 0.15) is 34.2 Å². The second-order valence-corrected chi connectivity index (χ2v) is 7.75. The molecule has 1 aliphatic carbocycles. The number of ether oxygens (including phenoxy) is 1. The molecule has 0 fully saturated rings. The average Bonchev–Trinajstić information content (AvgIpc) is 3.10. The van der Waals surface area contributed by atoms with Crippen molar-refractivity contribution in [3.8, 4) is 11.1 Å². The van der Waals surface area contributed by atoms with Gasteiger partial charge in [0.1, 0.15) is 18.7 Å². The van der Waals surface area contributed by atoms with Crippen molar-refractivity contribution >= 4 is 11.9 Å². The van der Waals surface area contributed by atoms with Crippen LogP contribution in [0.5, 0.6) is 0 Å². The second-order valence-electron chi connectivity index (χ2n) is 7.75. The molecule has 150 valence electrons. The molecular weight excluding hydrogens is 378 g/mol. The first-order chi connectivity index (χ1) is 14.6. The smallest absolute Gasteiger partial charge is 0.327 e. The first kappa shape index (κ1) is 18.6. The maximum Gasteiger partial charge on any atom is 0.327 e. The fraction of sp³-hybridized carbons (Fsp3) is 0.200. The van der Waals surface area contributed by atoms with E-state index < -0.39 is 24.0 Å². The van der Waals surface area contributed by atoms with Gasteiger partial charge in [0, 0.05) is 5.92 Å². The van der Waals surface area contributed by atoms with E-state index in [1.54, 1.807) is 0 Å². The monoisotopic (exact) mass is 399 g/mol. The van der Waals surface area contributed by atoms with Crippen LogP contribution in [0.3, 0.4) is 0 Å². The van der Waals surface area contributed by atoms with Crippen LogP contribution >= 0.6 is 0 Å². The molecule has 0 radical (unpaired) electrons. The number of fused-ring (bicyclic) bond motifs is 4. The van der Waals surface area contributed by atoms with Gasteiger partial charge in [-0.2, -0.15) is 0 Å². The first-order valence-electron chi connectivity index (χ1n) is 10.0. The molecule has 0 unspecified atom stereocenters. The zero-order chi connectivity index (χ0) is 20.7. The molecule has 2 atom stereocenters. The van der Waals surface area contributed by atoms with Gasteiger partial charge < -0.3 is 9.84 Å². The number of rotatable bonds is 4. The standard InChI is InChI=1S/C25H21NO4/c27-24(28)22-13-15-7-1-2-8-16(15)23(26-22)25(29)30-14-21-19-11-5-3-9-17(19)18-10-4-6-12-20(18)21/h1-12,21-23,26H,13-14H2,(H,27,28)/t22-,23-/m0/s1. The Morgan fingerprint density at radius 3 is 2.07 bits per heavy atom. The fourth-order valence-corrected chi connectivity index (χ4v) is 4.61. The van der Waals surface area contributed by atoms with Crippen molar-refractivity contribution < 1.29 is 19.4 Å². The maximum atomic E-state index is 13.0. The third-order valence-corrected chi connectivity index (χ3v) is 6.05. The number of esters is 1. The summed E-state index contributed by atoms with van der Waals surface area (Å²) in [5.41, 5.74) is 6.27. The molecule has 0 amide bonds. The summed E-state index contributed by atoms with van der Waals surface area (Å²) >= 11 is 0. The van der Waals surface area contributed by atoms with Gasteiger partial charge in [0.2, 0.25) is 0 Å². The Labute approximate surface area is 174 Å². The number of carbonyl (C=O) groups is 2. The number of hydrogen-bond acceptors (Lipinski definition) is 4. The van der Waals surface area contributed by atoms with Gasteiger partial charge in [0.15, 0.2) is 0 Å². The van der Waals surface area contributed by atoms with Crippen LogP contribution < -0.4 is 5.32 Å². The molecule has 3 aromatic rings. The van der Waals surface area contributed by atoms with E-state index in [0.29, 0.717) is 6.42 Å². The highest BCUT2D eigenvalue weighted by molar-refractivity contribution is 5.83. The van der Waals surface area contributed by atoms with E-state index in [1.807, 2.05) is 48.5 Å². The minimum absolute atomic E-state index is 0.0320.